The zero-order chi connectivity index (χ0) is 22.4. The summed E-state index contributed by atoms with van der Waals surface area (Å²) in [6.45, 7) is 8.16. The molecule has 31 heavy (non-hydrogen) atoms. The molecular weight excluding hydrogens is 396 g/mol. The molecule has 0 N–H and O–H groups in total. The van der Waals surface area contributed by atoms with Gasteiger partial charge in [-0.3, -0.25) is 19.8 Å². The monoisotopic (exact) mass is 426 g/mol. The van der Waals surface area contributed by atoms with E-state index in [1.54, 1.807) is 12.1 Å². The minimum atomic E-state index is -0.629. The molecule has 1 heterocycles. The molecule has 0 bridgehead atoms. The fourth-order valence-electron chi connectivity index (χ4n) is 3.76. The van der Waals surface area contributed by atoms with Crippen LogP contribution < -0.4 is 0 Å². The van der Waals surface area contributed by atoms with E-state index < -0.39 is 16.4 Å². The summed E-state index contributed by atoms with van der Waals surface area (Å²) in [6.07, 6.45) is -0.0351. The third kappa shape index (κ3) is 6.87. The molecule has 1 saturated heterocycles. The van der Waals surface area contributed by atoms with Crippen molar-refractivity contribution in [2.24, 2.45) is 5.92 Å². The highest BCUT2D eigenvalue weighted by atomic mass is 16.6. The third-order valence-corrected chi connectivity index (χ3v) is 5.16. The van der Waals surface area contributed by atoms with Crippen molar-refractivity contribution in [3.05, 3.63) is 75.8 Å². The van der Waals surface area contributed by atoms with E-state index in [4.69, 9.17) is 9.47 Å². The van der Waals surface area contributed by atoms with Crippen molar-refractivity contribution >= 4 is 11.7 Å². The SMILES string of the molecule is CC(C)(C)OC(=O)C(Cc1cccc([N+](=O)[O-])c1)C1CN(Cc2ccccc2)CCO1. The fraction of sp³-hybridized carbons (Fsp3) is 0.458. The van der Waals surface area contributed by atoms with Crippen molar-refractivity contribution in [3.8, 4) is 0 Å². The molecule has 2 aromatic carbocycles. The molecule has 1 aliphatic rings. The van der Waals surface area contributed by atoms with Crippen LogP contribution in [0.25, 0.3) is 0 Å². The van der Waals surface area contributed by atoms with Gasteiger partial charge in [-0.05, 0) is 38.3 Å². The number of nitrogens with zero attached hydrogens (tertiary/aromatic N) is 2. The standard InChI is InChI=1S/C24H30N2O5/c1-24(2,3)31-23(27)21(15-19-10-7-11-20(14-19)26(28)29)22-17-25(12-13-30-22)16-18-8-5-4-6-9-18/h4-11,14,21-22H,12-13,15-17H2,1-3H3. The first kappa shape index (κ1) is 22.9. The van der Waals surface area contributed by atoms with Crippen LogP contribution in [0, 0.1) is 16.0 Å². The summed E-state index contributed by atoms with van der Waals surface area (Å²) in [5.74, 6) is -0.898. The van der Waals surface area contributed by atoms with Crippen LogP contribution in [-0.4, -0.2) is 47.2 Å². The second kappa shape index (κ2) is 10.0. The van der Waals surface area contributed by atoms with Gasteiger partial charge in [0.1, 0.15) is 5.60 Å². The molecule has 7 heteroatoms. The summed E-state index contributed by atoms with van der Waals surface area (Å²) in [5, 5.41) is 11.2. The molecule has 166 valence electrons. The molecule has 0 aliphatic carbocycles. The molecule has 7 nitrogen and oxygen atoms in total. The number of non-ortho nitro benzene ring substituents is 1. The number of hydrogen-bond donors (Lipinski definition) is 0. The first-order chi connectivity index (χ1) is 14.7. The molecule has 2 atom stereocenters. The average molecular weight is 427 g/mol. The molecule has 0 amide bonds. The molecule has 0 spiro atoms. The van der Waals surface area contributed by atoms with Crippen molar-refractivity contribution in [1.82, 2.24) is 4.90 Å². The Morgan fingerprint density at radius 2 is 1.90 bits per heavy atom. The van der Waals surface area contributed by atoms with Crippen molar-refractivity contribution < 1.29 is 19.2 Å². The number of carbonyl (C=O) groups excluding carboxylic acids is 1. The fourth-order valence-corrected chi connectivity index (χ4v) is 3.76. The summed E-state index contributed by atoms with van der Waals surface area (Å²) >= 11 is 0. The first-order valence-electron chi connectivity index (χ1n) is 10.6. The number of morpholine rings is 1. The number of nitro benzene ring substituents is 1. The lowest BCUT2D eigenvalue weighted by atomic mass is 9.92. The maximum Gasteiger partial charge on any atom is 0.312 e. The predicted molar refractivity (Wildman–Crippen MR) is 118 cm³/mol. The topological polar surface area (TPSA) is 81.9 Å². The van der Waals surface area contributed by atoms with E-state index in [9.17, 15) is 14.9 Å². The van der Waals surface area contributed by atoms with Gasteiger partial charge in [-0.2, -0.15) is 0 Å². The molecular formula is C24H30N2O5. The minimum absolute atomic E-state index is 0.00991. The van der Waals surface area contributed by atoms with E-state index >= 15 is 0 Å². The number of rotatable bonds is 7. The molecule has 0 aromatic heterocycles. The number of benzene rings is 2. The van der Waals surface area contributed by atoms with Crippen LogP contribution in [0.3, 0.4) is 0 Å². The van der Waals surface area contributed by atoms with Gasteiger partial charge in [-0.25, -0.2) is 0 Å². The number of esters is 1. The van der Waals surface area contributed by atoms with E-state index in [1.807, 2.05) is 39.0 Å². The average Bonchev–Trinajstić information content (AvgIpc) is 2.72. The van der Waals surface area contributed by atoms with Gasteiger partial charge < -0.3 is 9.47 Å². The normalized spacial score (nSPS) is 18.4. The van der Waals surface area contributed by atoms with E-state index in [0.717, 1.165) is 13.1 Å². The Kier molecular flexibility index (Phi) is 7.41. The van der Waals surface area contributed by atoms with Gasteiger partial charge in [0.2, 0.25) is 0 Å². The van der Waals surface area contributed by atoms with Gasteiger partial charge in [0.25, 0.3) is 5.69 Å². The zero-order valence-electron chi connectivity index (χ0n) is 18.3. The van der Waals surface area contributed by atoms with Crippen LogP contribution in [0.5, 0.6) is 0 Å². The summed E-state index contributed by atoms with van der Waals surface area (Å²) in [7, 11) is 0. The van der Waals surface area contributed by atoms with Crippen LogP contribution >= 0.6 is 0 Å². The highest BCUT2D eigenvalue weighted by molar-refractivity contribution is 5.74. The van der Waals surface area contributed by atoms with Gasteiger partial charge in [-0.1, -0.05) is 42.5 Å². The Labute approximate surface area is 183 Å². The summed E-state index contributed by atoms with van der Waals surface area (Å²) in [4.78, 5) is 26.1. The van der Waals surface area contributed by atoms with Gasteiger partial charge in [-0.15, -0.1) is 0 Å². The smallest absolute Gasteiger partial charge is 0.312 e. The van der Waals surface area contributed by atoms with Crippen molar-refractivity contribution in [2.75, 3.05) is 19.7 Å². The lowest BCUT2D eigenvalue weighted by Crippen LogP contribution is -2.48. The predicted octanol–water partition coefficient (Wildman–Crippen LogP) is 4.00. The molecule has 0 saturated carbocycles. The molecule has 2 aromatic rings. The highest BCUT2D eigenvalue weighted by Crippen LogP contribution is 2.25. The van der Waals surface area contributed by atoms with Crippen LogP contribution in [0.2, 0.25) is 0 Å². The lowest BCUT2D eigenvalue weighted by molar-refractivity contribution is -0.384. The Morgan fingerprint density at radius 1 is 1.19 bits per heavy atom. The second-order valence-electron chi connectivity index (χ2n) is 8.90. The maximum atomic E-state index is 13.1. The van der Waals surface area contributed by atoms with Crippen molar-refractivity contribution in [1.29, 1.82) is 0 Å². The molecule has 2 unspecified atom stereocenters. The Morgan fingerprint density at radius 3 is 2.58 bits per heavy atom. The number of ether oxygens (including phenoxy) is 2. The van der Waals surface area contributed by atoms with Gasteiger partial charge in [0, 0.05) is 31.8 Å². The van der Waals surface area contributed by atoms with Crippen molar-refractivity contribution in [2.45, 2.75) is 45.4 Å². The van der Waals surface area contributed by atoms with E-state index in [1.165, 1.54) is 17.7 Å². The number of carbonyl (C=O) groups is 1. The minimum Gasteiger partial charge on any atom is -0.460 e. The number of nitro groups is 1. The first-order valence-corrected chi connectivity index (χ1v) is 10.6. The van der Waals surface area contributed by atoms with Gasteiger partial charge >= 0.3 is 5.97 Å². The molecule has 1 aliphatic heterocycles. The van der Waals surface area contributed by atoms with Crippen LogP contribution in [0.1, 0.15) is 31.9 Å². The molecule has 1 fully saturated rings. The molecule has 3 rings (SSSR count). The Balaban J connectivity index is 1.78. The number of hydrogen-bond acceptors (Lipinski definition) is 6. The van der Waals surface area contributed by atoms with E-state index in [0.29, 0.717) is 25.1 Å². The van der Waals surface area contributed by atoms with Gasteiger partial charge in [0.15, 0.2) is 0 Å². The summed E-state index contributed by atoms with van der Waals surface area (Å²) in [5.41, 5.74) is 1.30. The molecule has 0 radical (unpaired) electrons. The zero-order valence-corrected chi connectivity index (χ0v) is 18.3. The largest absolute Gasteiger partial charge is 0.460 e. The maximum absolute atomic E-state index is 13.1. The van der Waals surface area contributed by atoms with Crippen molar-refractivity contribution in [3.63, 3.8) is 0 Å². The second-order valence-corrected chi connectivity index (χ2v) is 8.90. The quantitative estimate of drug-likeness (QED) is 0.378. The van der Waals surface area contributed by atoms with E-state index in [2.05, 4.69) is 17.0 Å². The lowest BCUT2D eigenvalue weighted by Gasteiger charge is -2.37. The van der Waals surface area contributed by atoms with Gasteiger partial charge in [0.05, 0.1) is 23.6 Å². The van der Waals surface area contributed by atoms with Crippen LogP contribution in [0.15, 0.2) is 54.6 Å². The van der Waals surface area contributed by atoms with E-state index in [-0.39, 0.29) is 17.8 Å². The van der Waals surface area contributed by atoms with Crippen LogP contribution in [-0.2, 0) is 27.2 Å². The Bertz CT molecular complexity index is 894. The Hall–Kier alpha value is -2.77. The van der Waals surface area contributed by atoms with Crippen LogP contribution in [0.4, 0.5) is 5.69 Å². The highest BCUT2D eigenvalue weighted by Gasteiger charge is 2.36. The summed E-state index contributed by atoms with van der Waals surface area (Å²) < 4.78 is 11.7. The third-order valence-electron chi connectivity index (χ3n) is 5.16. The summed E-state index contributed by atoms with van der Waals surface area (Å²) in [6, 6.07) is 16.6.